The molecular weight excluding hydrogens is 216 g/mol. The second kappa shape index (κ2) is 4.69. The second-order valence-corrected chi connectivity index (χ2v) is 3.67. The van der Waals surface area contributed by atoms with Crippen LogP contribution in [-0.2, 0) is 18.3 Å². The smallest absolute Gasteiger partial charge is 0.181 e. The minimum atomic E-state index is -0.00163. The third kappa shape index (κ3) is 2.44. The molecule has 5 heteroatoms. The Kier molecular flexibility index (Phi) is 3.09. The largest absolute Gasteiger partial charge is 0.295 e. The van der Waals surface area contributed by atoms with Crippen LogP contribution in [-0.4, -0.2) is 26.0 Å². The first-order valence-corrected chi connectivity index (χ1v) is 5.17. The van der Waals surface area contributed by atoms with Gasteiger partial charge in [-0.1, -0.05) is 24.8 Å². The van der Waals surface area contributed by atoms with Crippen LogP contribution in [0.3, 0.4) is 0 Å². The molecule has 86 valence electrons. The molecule has 0 saturated carbocycles. The monoisotopic (exact) mass is 228 g/mol. The van der Waals surface area contributed by atoms with E-state index < -0.39 is 0 Å². The van der Waals surface area contributed by atoms with Gasteiger partial charge in [-0.05, 0) is 28.1 Å². The lowest BCUT2D eigenvalue weighted by atomic mass is 10.1. The van der Waals surface area contributed by atoms with Gasteiger partial charge in [0.05, 0.1) is 0 Å². The van der Waals surface area contributed by atoms with E-state index in [9.17, 15) is 4.79 Å². The second-order valence-electron chi connectivity index (χ2n) is 3.67. The molecule has 2 aromatic rings. The first-order valence-electron chi connectivity index (χ1n) is 5.17. The third-order valence-corrected chi connectivity index (χ3v) is 2.41. The number of carbonyl (C=O) groups is 1. The highest BCUT2D eigenvalue weighted by atomic mass is 16.1. The van der Waals surface area contributed by atoms with Gasteiger partial charge in [0, 0.05) is 19.0 Å². The number of carbonyl (C=O) groups excluding carboxylic acids is 1. The molecule has 0 fully saturated rings. The highest BCUT2D eigenvalue weighted by molar-refractivity contribution is 5.91. The number of allylic oxidation sites excluding steroid dienone is 1. The van der Waals surface area contributed by atoms with E-state index in [1.165, 1.54) is 6.08 Å². The lowest BCUT2D eigenvalue weighted by Crippen LogP contribution is -1.99. The molecule has 0 aliphatic rings. The molecule has 17 heavy (non-hydrogen) atoms. The standard InChI is InChI=1S/C12H12N4O/c1-3-11(17)8-9-5-4-6-10(7-9)12-13-14-15-16(12)2/h3-7H,1,8H2,2H3. The van der Waals surface area contributed by atoms with Gasteiger partial charge in [0.15, 0.2) is 11.6 Å². The summed E-state index contributed by atoms with van der Waals surface area (Å²) in [6, 6.07) is 7.60. The summed E-state index contributed by atoms with van der Waals surface area (Å²) < 4.78 is 1.59. The van der Waals surface area contributed by atoms with E-state index in [0.717, 1.165) is 11.1 Å². The van der Waals surface area contributed by atoms with Crippen molar-refractivity contribution in [3.8, 4) is 11.4 Å². The van der Waals surface area contributed by atoms with Gasteiger partial charge in [-0.15, -0.1) is 5.10 Å². The van der Waals surface area contributed by atoms with Crippen molar-refractivity contribution in [1.29, 1.82) is 0 Å². The van der Waals surface area contributed by atoms with Crippen LogP contribution in [0.2, 0.25) is 0 Å². The van der Waals surface area contributed by atoms with E-state index in [2.05, 4.69) is 22.1 Å². The summed E-state index contributed by atoms with van der Waals surface area (Å²) in [5.74, 6) is 0.677. The minimum absolute atomic E-state index is 0.00163. The molecule has 0 aliphatic heterocycles. The van der Waals surface area contributed by atoms with Crippen LogP contribution in [0.4, 0.5) is 0 Å². The molecule has 0 radical (unpaired) electrons. The Balaban J connectivity index is 2.32. The fraction of sp³-hybridized carbons (Fsp3) is 0.167. The van der Waals surface area contributed by atoms with Gasteiger partial charge < -0.3 is 0 Å². The Morgan fingerprint density at radius 2 is 2.35 bits per heavy atom. The number of rotatable bonds is 4. The molecule has 0 aliphatic carbocycles. The SMILES string of the molecule is C=CC(=O)Cc1cccc(-c2nnnn2C)c1. The van der Waals surface area contributed by atoms with Crippen molar-refractivity contribution in [3.63, 3.8) is 0 Å². The quantitative estimate of drug-likeness (QED) is 0.737. The van der Waals surface area contributed by atoms with E-state index >= 15 is 0 Å². The van der Waals surface area contributed by atoms with Crippen molar-refractivity contribution in [3.05, 3.63) is 42.5 Å². The van der Waals surface area contributed by atoms with Gasteiger partial charge in [0.1, 0.15) is 0 Å². The molecule has 0 saturated heterocycles. The first kappa shape index (κ1) is 11.2. The Morgan fingerprint density at radius 1 is 1.53 bits per heavy atom. The maximum absolute atomic E-state index is 11.3. The number of benzene rings is 1. The molecule has 1 aromatic carbocycles. The fourth-order valence-corrected chi connectivity index (χ4v) is 1.57. The van der Waals surface area contributed by atoms with E-state index in [1.807, 2.05) is 24.3 Å². The Hall–Kier alpha value is -2.30. The number of hydrogen-bond acceptors (Lipinski definition) is 4. The lowest BCUT2D eigenvalue weighted by Gasteiger charge is -2.02. The number of tetrazole rings is 1. The highest BCUT2D eigenvalue weighted by Crippen LogP contribution is 2.16. The van der Waals surface area contributed by atoms with E-state index in [-0.39, 0.29) is 5.78 Å². The molecule has 5 nitrogen and oxygen atoms in total. The van der Waals surface area contributed by atoms with Crippen molar-refractivity contribution in [1.82, 2.24) is 20.2 Å². The van der Waals surface area contributed by atoms with Gasteiger partial charge >= 0.3 is 0 Å². The lowest BCUT2D eigenvalue weighted by molar-refractivity contribution is -0.114. The van der Waals surface area contributed by atoms with Gasteiger partial charge in [-0.25, -0.2) is 4.68 Å². The topological polar surface area (TPSA) is 60.7 Å². The zero-order chi connectivity index (χ0) is 12.3. The number of aryl methyl sites for hydroxylation is 1. The van der Waals surface area contributed by atoms with Crippen molar-refractivity contribution in [2.75, 3.05) is 0 Å². The van der Waals surface area contributed by atoms with Gasteiger partial charge in [0.2, 0.25) is 0 Å². The van der Waals surface area contributed by atoms with Crippen molar-refractivity contribution < 1.29 is 4.79 Å². The zero-order valence-electron chi connectivity index (χ0n) is 9.50. The van der Waals surface area contributed by atoms with Crippen LogP contribution in [0.15, 0.2) is 36.9 Å². The summed E-state index contributed by atoms with van der Waals surface area (Å²) in [6.45, 7) is 3.46. The van der Waals surface area contributed by atoms with Crippen LogP contribution in [0.5, 0.6) is 0 Å². The molecule has 0 N–H and O–H groups in total. The number of aromatic nitrogens is 4. The summed E-state index contributed by atoms with van der Waals surface area (Å²) in [6.07, 6.45) is 1.68. The summed E-state index contributed by atoms with van der Waals surface area (Å²) in [7, 11) is 1.77. The number of ketones is 1. The minimum Gasteiger partial charge on any atom is -0.295 e. The molecular formula is C12H12N4O. The molecule has 0 unspecified atom stereocenters. The Bertz CT molecular complexity index is 559. The Morgan fingerprint density at radius 3 is 3.00 bits per heavy atom. The van der Waals surface area contributed by atoms with Gasteiger partial charge in [-0.2, -0.15) is 0 Å². The highest BCUT2D eigenvalue weighted by Gasteiger charge is 2.07. The summed E-state index contributed by atoms with van der Waals surface area (Å²) >= 11 is 0. The molecule has 0 spiro atoms. The fourth-order valence-electron chi connectivity index (χ4n) is 1.57. The van der Waals surface area contributed by atoms with Gasteiger partial charge in [-0.3, -0.25) is 4.79 Å². The third-order valence-electron chi connectivity index (χ3n) is 2.41. The maximum atomic E-state index is 11.3. The predicted molar refractivity (Wildman–Crippen MR) is 63.1 cm³/mol. The van der Waals surface area contributed by atoms with E-state index in [1.54, 1.807) is 11.7 Å². The summed E-state index contributed by atoms with van der Waals surface area (Å²) in [5, 5.41) is 11.3. The molecule has 1 heterocycles. The molecule has 0 amide bonds. The number of hydrogen-bond donors (Lipinski definition) is 0. The zero-order valence-corrected chi connectivity index (χ0v) is 9.50. The van der Waals surface area contributed by atoms with Crippen LogP contribution in [0.25, 0.3) is 11.4 Å². The normalized spacial score (nSPS) is 10.2. The average molecular weight is 228 g/mol. The van der Waals surface area contributed by atoms with Crippen LogP contribution >= 0.6 is 0 Å². The van der Waals surface area contributed by atoms with Crippen LogP contribution in [0, 0.1) is 0 Å². The molecule has 1 aromatic heterocycles. The Labute approximate surface area is 98.8 Å². The van der Waals surface area contributed by atoms with E-state index in [4.69, 9.17) is 0 Å². The summed E-state index contributed by atoms with van der Waals surface area (Å²) in [5.41, 5.74) is 1.82. The molecule has 0 atom stereocenters. The van der Waals surface area contributed by atoms with Gasteiger partial charge in [0.25, 0.3) is 0 Å². The van der Waals surface area contributed by atoms with Crippen molar-refractivity contribution >= 4 is 5.78 Å². The summed E-state index contributed by atoms with van der Waals surface area (Å²) in [4.78, 5) is 11.3. The first-order chi connectivity index (χ1) is 8.20. The van der Waals surface area contributed by atoms with Crippen LogP contribution in [0.1, 0.15) is 5.56 Å². The van der Waals surface area contributed by atoms with E-state index in [0.29, 0.717) is 12.2 Å². The van der Waals surface area contributed by atoms with Crippen LogP contribution < -0.4 is 0 Å². The molecule has 0 bridgehead atoms. The predicted octanol–water partition coefficient (Wildman–Crippen LogP) is 1.17. The number of nitrogens with zero attached hydrogens (tertiary/aromatic N) is 4. The van der Waals surface area contributed by atoms with Crippen molar-refractivity contribution in [2.45, 2.75) is 6.42 Å². The van der Waals surface area contributed by atoms with Crippen molar-refractivity contribution in [2.24, 2.45) is 7.05 Å². The maximum Gasteiger partial charge on any atom is 0.181 e. The average Bonchev–Trinajstić information content (AvgIpc) is 2.75. The molecule has 2 rings (SSSR count).